The summed E-state index contributed by atoms with van der Waals surface area (Å²) in [5.41, 5.74) is 0.809. The fourth-order valence-electron chi connectivity index (χ4n) is 1.91. The molecular formula is C14H8ClN5S3. The molecule has 1 N–H and O–H groups in total. The van der Waals surface area contributed by atoms with Crippen LogP contribution in [0.25, 0.3) is 10.2 Å². The van der Waals surface area contributed by atoms with Crippen molar-refractivity contribution in [2.24, 2.45) is 0 Å². The highest BCUT2D eigenvalue weighted by atomic mass is 35.5. The van der Waals surface area contributed by atoms with E-state index < -0.39 is 0 Å². The van der Waals surface area contributed by atoms with Crippen molar-refractivity contribution in [2.45, 2.75) is 9.37 Å². The number of nitrogens with zero attached hydrogens (tertiary/aromatic N) is 4. The Morgan fingerprint density at radius 3 is 2.91 bits per heavy atom. The van der Waals surface area contributed by atoms with Crippen LogP contribution in [0.1, 0.15) is 0 Å². The molecule has 0 aliphatic rings. The number of hydrogen-bond donors (Lipinski definition) is 1. The molecule has 5 nitrogen and oxygen atoms in total. The van der Waals surface area contributed by atoms with Crippen LogP contribution < -0.4 is 5.32 Å². The lowest BCUT2D eigenvalue weighted by Gasteiger charge is -2.02. The van der Waals surface area contributed by atoms with E-state index in [0.717, 1.165) is 25.3 Å². The van der Waals surface area contributed by atoms with E-state index in [2.05, 4.69) is 25.5 Å². The first kappa shape index (κ1) is 14.8. The second-order valence-corrected chi connectivity index (χ2v) is 7.91. The van der Waals surface area contributed by atoms with Crippen LogP contribution >= 0.6 is 46.0 Å². The van der Waals surface area contributed by atoms with E-state index in [-0.39, 0.29) is 0 Å². The van der Waals surface area contributed by atoms with Crippen molar-refractivity contribution in [3.8, 4) is 0 Å². The molecule has 0 aliphatic heterocycles. The Balaban J connectivity index is 1.56. The van der Waals surface area contributed by atoms with Crippen LogP contribution in [0, 0.1) is 0 Å². The number of rotatable bonds is 4. The van der Waals surface area contributed by atoms with Crippen molar-refractivity contribution in [3.63, 3.8) is 0 Å². The second-order valence-electron chi connectivity index (χ2n) is 4.40. The molecule has 1 aromatic carbocycles. The van der Waals surface area contributed by atoms with Gasteiger partial charge in [0.1, 0.15) is 16.2 Å². The molecule has 9 heteroatoms. The lowest BCUT2D eigenvalue weighted by molar-refractivity contribution is 1.01. The van der Waals surface area contributed by atoms with Gasteiger partial charge in [0.15, 0.2) is 4.34 Å². The van der Waals surface area contributed by atoms with Gasteiger partial charge in [-0.25, -0.2) is 9.97 Å². The second kappa shape index (κ2) is 6.40. The predicted molar refractivity (Wildman–Crippen MR) is 96.2 cm³/mol. The summed E-state index contributed by atoms with van der Waals surface area (Å²) in [6.45, 7) is 0. The fraction of sp³-hybridized carbons (Fsp3) is 0. The van der Waals surface area contributed by atoms with Gasteiger partial charge in [-0.3, -0.25) is 0 Å². The third-order valence-corrected chi connectivity index (χ3v) is 5.99. The first-order valence-corrected chi connectivity index (χ1v) is 9.40. The predicted octanol–water partition coefficient (Wildman–Crippen LogP) is 5.09. The first-order valence-electron chi connectivity index (χ1n) is 6.51. The highest BCUT2D eigenvalue weighted by Gasteiger charge is 2.11. The smallest absolute Gasteiger partial charge is 0.210 e. The molecule has 0 atom stereocenters. The van der Waals surface area contributed by atoms with Gasteiger partial charge in [-0.15, -0.1) is 21.5 Å². The number of nitrogens with one attached hydrogen (secondary N) is 1. The van der Waals surface area contributed by atoms with E-state index >= 15 is 0 Å². The molecule has 3 heterocycles. The largest absolute Gasteiger partial charge is 0.329 e. The summed E-state index contributed by atoms with van der Waals surface area (Å²) in [6, 6.07) is 9.55. The van der Waals surface area contributed by atoms with E-state index in [1.165, 1.54) is 23.1 Å². The molecule has 0 saturated carbocycles. The van der Waals surface area contributed by atoms with Crippen LogP contribution in [0.2, 0.25) is 5.02 Å². The summed E-state index contributed by atoms with van der Waals surface area (Å²) < 4.78 is 0.811. The number of anilines is 2. The van der Waals surface area contributed by atoms with Gasteiger partial charge in [0.05, 0.1) is 10.7 Å². The lowest BCUT2D eigenvalue weighted by Crippen LogP contribution is -1.89. The summed E-state index contributed by atoms with van der Waals surface area (Å²) in [5, 5.41) is 16.8. The van der Waals surface area contributed by atoms with Gasteiger partial charge < -0.3 is 5.32 Å². The van der Waals surface area contributed by atoms with Crippen molar-refractivity contribution in [1.82, 2.24) is 20.2 Å². The zero-order valence-electron chi connectivity index (χ0n) is 11.4. The molecule has 23 heavy (non-hydrogen) atoms. The number of halogens is 1. The van der Waals surface area contributed by atoms with Crippen LogP contribution in [0.15, 0.2) is 51.4 Å². The third kappa shape index (κ3) is 3.16. The number of thiophene rings is 1. The zero-order chi connectivity index (χ0) is 15.6. The maximum absolute atomic E-state index is 6.14. The van der Waals surface area contributed by atoms with Crippen molar-refractivity contribution in [1.29, 1.82) is 0 Å². The molecular weight excluding hydrogens is 370 g/mol. The molecule has 3 aromatic heterocycles. The highest BCUT2D eigenvalue weighted by molar-refractivity contribution is 8.01. The van der Waals surface area contributed by atoms with Crippen LogP contribution in [0.3, 0.4) is 0 Å². The van der Waals surface area contributed by atoms with Gasteiger partial charge in [-0.2, -0.15) is 0 Å². The van der Waals surface area contributed by atoms with Crippen LogP contribution in [-0.2, 0) is 0 Å². The van der Waals surface area contributed by atoms with Gasteiger partial charge in [-0.05, 0) is 35.3 Å². The van der Waals surface area contributed by atoms with Crippen molar-refractivity contribution >= 4 is 67.1 Å². The van der Waals surface area contributed by atoms with E-state index in [9.17, 15) is 0 Å². The van der Waals surface area contributed by atoms with Crippen molar-refractivity contribution < 1.29 is 0 Å². The number of benzene rings is 1. The van der Waals surface area contributed by atoms with E-state index in [1.807, 2.05) is 35.7 Å². The number of para-hydroxylation sites is 1. The summed E-state index contributed by atoms with van der Waals surface area (Å²) in [5.74, 6) is 0. The van der Waals surface area contributed by atoms with Crippen LogP contribution in [-0.4, -0.2) is 20.2 Å². The van der Waals surface area contributed by atoms with Gasteiger partial charge in [0, 0.05) is 5.39 Å². The highest BCUT2D eigenvalue weighted by Crippen LogP contribution is 2.36. The molecule has 0 spiro atoms. The number of hydrogen-bond acceptors (Lipinski definition) is 8. The number of fused-ring (bicyclic) bond motifs is 1. The van der Waals surface area contributed by atoms with Crippen molar-refractivity contribution in [3.05, 3.63) is 47.1 Å². The standard InChI is InChI=1S/C14H8ClN5S3/c15-9-3-1-2-4-10(9)18-13-19-20-14(23-13)22-12-8-5-6-21-11(8)16-7-17-12/h1-7H,(H,18,19). The van der Waals surface area contributed by atoms with Gasteiger partial charge in [-0.1, -0.05) is 35.1 Å². The maximum atomic E-state index is 6.14. The molecule has 0 unspecified atom stereocenters. The Morgan fingerprint density at radius 2 is 2.00 bits per heavy atom. The zero-order valence-corrected chi connectivity index (χ0v) is 14.6. The quantitative estimate of drug-likeness (QED) is 0.499. The Labute approximate surface area is 148 Å². The first-order chi connectivity index (χ1) is 11.3. The summed E-state index contributed by atoms with van der Waals surface area (Å²) >= 11 is 10.7. The average Bonchev–Trinajstić information content (AvgIpc) is 3.19. The molecule has 114 valence electrons. The van der Waals surface area contributed by atoms with Crippen molar-refractivity contribution in [2.75, 3.05) is 5.32 Å². The molecule has 0 amide bonds. The maximum Gasteiger partial charge on any atom is 0.210 e. The van der Waals surface area contributed by atoms with Gasteiger partial charge in [0.2, 0.25) is 5.13 Å². The van der Waals surface area contributed by atoms with E-state index in [4.69, 9.17) is 11.6 Å². The summed E-state index contributed by atoms with van der Waals surface area (Å²) in [7, 11) is 0. The summed E-state index contributed by atoms with van der Waals surface area (Å²) in [6.07, 6.45) is 1.57. The minimum Gasteiger partial charge on any atom is -0.329 e. The van der Waals surface area contributed by atoms with Crippen LogP contribution in [0.5, 0.6) is 0 Å². The molecule has 0 saturated heterocycles. The minimum absolute atomic E-state index is 0.646. The monoisotopic (exact) mass is 377 g/mol. The Morgan fingerprint density at radius 1 is 1.09 bits per heavy atom. The Bertz CT molecular complexity index is 968. The number of aromatic nitrogens is 4. The topological polar surface area (TPSA) is 63.6 Å². The summed E-state index contributed by atoms with van der Waals surface area (Å²) in [4.78, 5) is 9.56. The van der Waals surface area contributed by atoms with Crippen LogP contribution in [0.4, 0.5) is 10.8 Å². The SMILES string of the molecule is Clc1ccccc1Nc1nnc(Sc2ncnc3sccc23)s1. The molecule has 0 aliphatic carbocycles. The molecule has 4 aromatic rings. The third-order valence-electron chi connectivity index (χ3n) is 2.93. The fourth-order valence-corrected chi connectivity index (χ4v) is 4.64. The lowest BCUT2D eigenvalue weighted by atomic mass is 10.3. The minimum atomic E-state index is 0.646. The Kier molecular flexibility index (Phi) is 4.13. The van der Waals surface area contributed by atoms with Gasteiger partial charge in [0.25, 0.3) is 0 Å². The van der Waals surface area contributed by atoms with Gasteiger partial charge >= 0.3 is 0 Å². The normalized spacial score (nSPS) is 11.0. The molecule has 0 bridgehead atoms. The van der Waals surface area contributed by atoms with E-state index in [1.54, 1.807) is 17.7 Å². The molecule has 0 radical (unpaired) electrons. The molecule has 0 fully saturated rings. The average molecular weight is 378 g/mol. The Hall–Kier alpha value is -1.74. The molecule has 4 rings (SSSR count). The van der Waals surface area contributed by atoms with E-state index in [0.29, 0.717) is 10.2 Å².